The van der Waals surface area contributed by atoms with Gasteiger partial charge in [0.25, 0.3) is 0 Å². The van der Waals surface area contributed by atoms with Crippen LogP contribution in [0.1, 0.15) is 46.1 Å². The van der Waals surface area contributed by atoms with E-state index in [9.17, 15) is 0 Å². The van der Waals surface area contributed by atoms with Gasteiger partial charge in [-0.2, -0.15) is 0 Å². The molecule has 1 rings (SSSR count). The summed E-state index contributed by atoms with van der Waals surface area (Å²) in [5, 5.41) is 0. The molecule has 0 radical (unpaired) electrons. The lowest BCUT2D eigenvalue weighted by Gasteiger charge is -2.21. The van der Waals surface area contributed by atoms with Crippen LogP contribution in [0, 0.1) is 17.8 Å². The van der Waals surface area contributed by atoms with Crippen LogP contribution >= 0.6 is 0 Å². The molecule has 0 amide bonds. The maximum absolute atomic E-state index is 5.88. The molecular formula is C17H28O. The highest BCUT2D eigenvalue weighted by molar-refractivity contribution is 5.13. The highest BCUT2D eigenvalue weighted by Gasteiger charge is 2.13. The van der Waals surface area contributed by atoms with Crippen LogP contribution < -0.4 is 0 Å². The maximum atomic E-state index is 5.88. The van der Waals surface area contributed by atoms with E-state index in [1.54, 1.807) is 0 Å². The van der Waals surface area contributed by atoms with Crippen LogP contribution in [-0.4, -0.2) is 6.61 Å². The minimum absolute atomic E-state index is 0.703. The number of hydrogen-bond donors (Lipinski definition) is 0. The summed E-state index contributed by atoms with van der Waals surface area (Å²) in [6, 6.07) is 10.4. The van der Waals surface area contributed by atoms with Crippen molar-refractivity contribution < 1.29 is 4.74 Å². The molecule has 0 aliphatic carbocycles. The Labute approximate surface area is 113 Å². The number of benzene rings is 1. The second kappa shape index (κ2) is 8.31. The van der Waals surface area contributed by atoms with Crippen LogP contribution in [0.4, 0.5) is 0 Å². The Bertz CT molecular complexity index is 293. The molecule has 102 valence electrons. The van der Waals surface area contributed by atoms with Crippen molar-refractivity contribution in [3.8, 4) is 0 Å². The first kappa shape index (κ1) is 15.2. The predicted molar refractivity (Wildman–Crippen MR) is 78.5 cm³/mol. The van der Waals surface area contributed by atoms with Crippen LogP contribution in [0.15, 0.2) is 30.3 Å². The molecule has 0 aliphatic rings. The van der Waals surface area contributed by atoms with Crippen LogP contribution in [0.2, 0.25) is 0 Å². The van der Waals surface area contributed by atoms with Gasteiger partial charge < -0.3 is 4.74 Å². The van der Waals surface area contributed by atoms with Crippen molar-refractivity contribution >= 4 is 0 Å². The smallest absolute Gasteiger partial charge is 0.0717 e. The molecule has 0 bridgehead atoms. The summed E-state index contributed by atoms with van der Waals surface area (Å²) in [4.78, 5) is 0. The van der Waals surface area contributed by atoms with Crippen LogP contribution in [0.25, 0.3) is 0 Å². The number of rotatable bonds is 8. The van der Waals surface area contributed by atoms with E-state index in [4.69, 9.17) is 4.74 Å². The molecule has 0 fully saturated rings. The molecule has 0 N–H and O–H groups in total. The third-order valence-electron chi connectivity index (χ3n) is 3.07. The number of ether oxygens (including phenoxy) is 1. The van der Waals surface area contributed by atoms with Gasteiger partial charge in [0.1, 0.15) is 0 Å². The molecule has 0 heterocycles. The molecular weight excluding hydrogens is 220 g/mol. The lowest BCUT2D eigenvalue weighted by molar-refractivity contribution is 0.0722. The average Bonchev–Trinajstić information content (AvgIpc) is 2.28. The molecule has 0 spiro atoms. The van der Waals surface area contributed by atoms with Crippen molar-refractivity contribution in [2.45, 2.75) is 47.1 Å². The Kier molecular flexibility index (Phi) is 7.04. The Morgan fingerprint density at radius 3 is 1.94 bits per heavy atom. The second-order valence-corrected chi connectivity index (χ2v) is 6.13. The second-order valence-electron chi connectivity index (χ2n) is 6.13. The minimum Gasteiger partial charge on any atom is -0.376 e. The summed E-state index contributed by atoms with van der Waals surface area (Å²) in [6.07, 6.45) is 2.54. The quantitative estimate of drug-likeness (QED) is 0.635. The Hall–Kier alpha value is -0.820. The van der Waals surface area contributed by atoms with Crippen LogP contribution in [0.5, 0.6) is 0 Å². The van der Waals surface area contributed by atoms with Crippen molar-refractivity contribution in [2.75, 3.05) is 6.61 Å². The SMILES string of the molecule is CC(C)CC(COCc1ccccc1)CC(C)C. The van der Waals surface area contributed by atoms with Gasteiger partial charge in [0.05, 0.1) is 6.61 Å². The fraction of sp³-hybridized carbons (Fsp3) is 0.647. The normalized spacial score (nSPS) is 11.7. The van der Waals surface area contributed by atoms with Gasteiger partial charge in [-0.15, -0.1) is 0 Å². The number of hydrogen-bond acceptors (Lipinski definition) is 1. The van der Waals surface area contributed by atoms with Gasteiger partial charge in [0, 0.05) is 6.61 Å². The van der Waals surface area contributed by atoms with Gasteiger partial charge in [0.2, 0.25) is 0 Å². The summed E-state index contributed by atoms with van der Waals surface area (Å²) in [5.41, 5.74) is 1.27. The van der Waals surface area contributed by atoms with Crippen molar-refractivity contribution in [2.24, 2.45) is 17.8 Å². The predicted octanol–water partition coefficient (Wildman–Crippen LogP) is 4.91. The summed E-state index contributed by atoms with van der Waals surface area (Å²) in [7, 11) is 0. The molecule has 1 aromatic carbocycles. The molecule has 0 saturated heterocycles. The average molecular weight is 248 g/mol. The Morgan fingerprint density at radius 1 is 0.889 bits per heavy atom. The summed E-state index contributed by atoms with van der Waals surface area (Å²) >= 11 is 0. The lowest BCUT2D eigenvalue weighted by Crippen LogP contribution is -2.14. The Balaban J connectivity index is 2.32. The summed E-state index contributed by atoms with van der Waals surface area (Å²) in [6.45, 7) is 10.8. The van der Waals surface area contributed by atoms with Gasteiger partial charge in [-0.05, 0) is 36.2 Å². The van der Waals surface area contributed by atoms with Crippen molar-refractivity contribution in [3.05, 3.63) is 35.9 Å². The zero-order chi connectivity index (χ0) is 13.4. The molecule has 18 heavy (non-hydrogen) atoms. The fourth-order valence-corrected chi connectivity index (χ4v) is 2.48. The third-order valence-corrected chi connectivity index (χ3v) is 3.07. The molecule has 0 atom stereocenters. The van der Waals surface area contributed by atoms with E-state index in [2.05, 4.69) is 52.0 Å². The summed E-state index contributed by atoms with van der Waals surface area (Å²) < 4.78 is 5.88. The lowest BCUT2D eigenvalue weighted by atomic mass is 9.90. The third kappa shape index (κ3) is 6.80. The van der Waals surface area contributed by atoms with E-state index >= 15 is 0 Å². The van der Waals surface area contributed by atoms with E-state index in [0.717, 1.165) is 25.0 Å². The van der Waals surface area contributed by atoms with Gasteiger partial charge in [-0.3, -0.25) is 0 Å². The van der Waals surface area contributed by atoms with E-state index in [-0.39, 0.29) is 0 Å². The topological polar surface area (TPSA) is 9.23 Å². The van der Waals surface area contributed by atoms with E-state index in [0.29, 0.717) is 5.92 Å². The van der Waals surface area contributed by atoms with Gasteiger partial charge >= 0.3 is 0 Å². The Morgan fingerprint density at radius 2 is 1.44 bits per heavy atom. The molecule has 1 nitrogen and oxygen atoms in total. The van der Waals surface area contributed by atoms with Crippen molar-refractivity contribution in [1.29, 1.82) is 0 Å². The fourth-order valence-electron chi connectivity index (χ4n) is 2.48. The first-order chi connectivity index (χ1) is 8.58. The highest BCUT2D eigenvalue weighted by atomic mass is 16.5. The highest BCUT2D eigenvalue weighted by Crippen LogP contribution is 2.20. The molecule has 1 heteroatoms. The van der Waals surface area contributed by atoms with Gasteiger partial charge in [-0.1, -0.05) is 58.0 Å². The monoisotopic (exact) mass is 248 g/mol. The van der Waals surface area contributed by atoms with E-state index < -0.39 is 0 Å². The van der Waals surface area contributed by atoms with Crippen molar-refractivity contribution in [1.82, 2.24) is 0 Å². The van der Waals surface area contributed by atoms with Crippen LogP contribution in [0.3, 0.4) is 0 Å². The zero-order valence-corrected chi connectivity index (χ0v) is 12.4. The first-order valence-corrected chi connectivity index (χ1v) is 7.19. The van der Waals surface area contributed by atoms with E-state index in [1.165, 1.54) is 18.4 Å². The molecule has 0 aliphatic heterocycles. The first-order valence-electron chi connectivity index (χ1n) is 7.19. The molecule has 0 unspecified atom stereocenters. The molecule has 0 saturated carbocycles. The molecule has 1 aromatic rings. The maximum Gasteiger partial charge on any atom is 0.0717 e. The van der Waals surface area contributed by atoms with Crippen molar-refractivity contribution in [3.63, 3.8) is 0 Å². The zero-order valence-electron chi connectivity index (χ0n) is 12.4. The van der Waals surface area contributed by atoms with E-state index in [1.807, 2.05) is 6.07 Å². The van der Waals surface area contributed by atoms with Crippen LogP contribution in [-0.2, 0) is 11.3 Å². The largest absolute Gasteiger partial charge is 0.376 e. The van der Waals surface area contributed by atoms with Gasteiger partial charge in [-0.25, -0.2) is 0 Å². The standard InChI is InChI=1S/C17H28O/c1-14(2)10-17(11-15(3)4)13-18-12-16-8-6-5-7-9-16/h5-9,14-15,17H,10-13H2,1-4H3. The summed E-state index contributed by atoms with van der Waals surface area (Å²) in [5.74, 6) is 2.22. The minimum atomic E-state index is 0.703. The van der Waals surface area contributed by atoms with Gasteiger partial charge in [0.15, 0.2) is 0 Å². The molecule has 0 aromatic heterocycles.